The Morgan fingerprint density at radius 1 is 1.30 bits per heavy atom. The first-order valence-corrected chi connectivity index (χ1v) is 6.87. The fraction of sp³-hybridized carbons (Fsp3) is 0.357. The maximum Gasteiger partial charge on any atom is 0.573 e. The van der Waals surface area contributed by atoms with Gasteiger partial charge in [0.2, 0.25) is 18.1 Å². The number of carbonyl (C=O) groups is 1. The van der Waals surface area contributed by atoms with Crippen LogP contribution in [-0.4, -0.2) is 34.4 Å². The number of ether oxygens (including phenoxy) is 1. The van der Waals surface area contributed by atoms with Crippen LogP contribution in [0.5, 0.6) is 5.75 Å². The number of hydrogen-bond donors (Lipinski definition) is 0. The van der Waals surface area contributed by atoms with Gasteiger partial charge >= 0.3 is 6.36 Å². The van der Waals surface area contributed by atoms with Crippen LogP contribution in [0.3, 0.4) is 0 Å². The Kier molecular flexibility index (Phi) is 3.93. The van der Waals surface area contributed by atoms with Crippen LogP contribution in [0.4, 0.5) is 13.2 Å². The molecule has 1 aliphatic heterocycles. The van der Waals surface area contributed by atoms with Crippen molar-refractivity contribution in [2.45, 2.75) is 25.2 Å². The van der Waals surface area contributed by atoms with E-state index in [9.17, 15) is 18.0 Å². The zero-order chi connectivity index (χ0) is 16.4. The Bertz CT molecular complexity index is 685. The number of benzene rings is 1. The normalized spacial score (nSPS) is 18.2. The Morgan fingerprint density at radius 3 is 2.70 bits per heavy atom. The molecule has 1 aromatic carbocycles. The lowest BCUT2D eigenvalue weighted by Gasteiger charge is -2.14. The van der Waals surface area contributed by atoms with Crippen LogP contribution >= 0.6 is 0 Å². The average Bonchev–Trinajstić information content (AvgIpc) is 3.15. The summed E-state index contributed by atoms with van der Waals surface area (Å²) in [5, 5.41) is 3.81. The molecule has 1 fully saturated rings. The van der Waals surface area contributed by atoms with Gasteiger partial charge in [0, 0.05) is 12.1 Å². The molecule has 6 nitrogen and oxygen atoms in total. The van der Waals surface area contributed by atoms with Gasteiger partial charge in [0.25, 0.3) is 0 Å². The monoisotopic (exact) mass is 327 g/mol. The largest absolute Gasteiger partial charge is 0.573 e. The molecule has 0 bridgehead atoms. The molecule has 0 radical (unpaired) electrons. The first kappa shape index (κ1) is 15.3. The van der Waals surface area contributed by atoms with Crippen molar-refractivity contribution in [3.63, 3.8) is 0 Å². The number of alkyl halides is 3. The molecular weight excluding hydrogens is 315 g/mol. The molecule has 1 aromatic heterocycles. The molecule has 1 unspecified atom stereocenters. The van der Waals surface area contributed by atoms with Crippen molar-refractivity contribution in [2.75, 3.05) is 6.54 Å². The van der Waals surface area contributed by atoms with E-state index >= 15 is 0 Å². The van der Waals surface area contributed by atoms with E-state index in [1.165, 1.54) is 24.3 Å². The van der Waals surface area contributed by atoms with Gasteiger partial charge in [-0.1, -0.05) is 5.16 Å². The molecule has 0 spiro atoms. The van der Waals surface area contributed by atoms with Crippen molar-refractivity contribution < 1.29 is 27.2 Å². The van der Waals surface area contributed by atoms with Crippen molar-refractivity contribution in [3.8, 4) is 17.1 Å². The van der Waals surface area contributed by atoms with Crippen LogP contribution < -0.4 is 4.74 Å². The van der Waals surface area contributed by atoms with E-state index in [0.29, 0.717) is 18.0 Å². The van der Waals surface area contributed by atoms with E-state index in [1.807, 2.05) is 0 Å². The number of carbonyl (C=O) groups excluding carboxylic acids is 1. The van der Waals surface area contributed by atoms with E-state index in [1.54, 1.807) is 4.90 Å². The van der Waals surface area contributed by atoms with Gasteiger partial charge in [-0.2, -0.15) is 4.98 Å². The number of likely N-dealkylation sites (tertiary alicyclic amines) is 1. The minimum absolute atomic E-state index is 0.247. The van der Waals surface area contributed by atoms with Crippen LogP contribution in [0.15, 0.2) is 28.8 Å². The minimum Gasteiger partial charge on any atom is -0.406 e. The molecule has 0 aliphatic carbocycles. The van der Waals surface area contributed by atoms with Gasteiger partial charge in [0.05, 0.1) is 0 Å². The second-order valence-corrected chi connectivity index (χ2v) is 5.03. The molecule has 1 amide bonds. The Balaban J connectivity index is 1.76. The highest BCUT2D eigenvalue weighted by molar-refractivity contribution is 5.56. The molecule has 1 aliphatic rings. The van der Waals surface area contributed by atoms with Crippen LogP contribution in [0, 0.1) is 0 Å². The smallest absolute Gasteiger partial charge is 0.406 e. The molecule has 3 rings (SSSR count). The topological polar surface area (TPSA) is 68.5 Å². The Morgan fingerprint density at radius 2 is 2.04 bits per heavy atom. The fourth-order valence-corrected chi connectivity index (χ4v) is 2.47. The Hall–Kier alpha value is -2.58. The first-order valence-electron chi connectivity index (χ1n) is 6.87. The van der Waals surface area contributed by atoms with E-state index in [2.05, 4.69) is 14.9 Å². The molecule has 2 aromatic rings. The van der Waals surface area contributed by atoms with Gasteiger partial charge in [-0.25, -0.2) is 0 Å². The third-order valence-corrected chi connectivity index (χ3v) is 3.50. The Labute approximate surface area is 128 Å². The number of hydrogen-bond acceptors (Lipinski definition) is 5. The predicted molar refractivity (Wildman–Crippen MR) is 71.2 cm³/mol. The molecule has 0 N–H and O–H groups in total. The van der Waals surface area contributed by atoms with Crippen molar-refractivity contribution in [1.29, 1.82) is 0 Å². The third kappa shape index (κ3) is 3.43. The number of halogens is 3. The zero-order valence-electron chi connectivity index (χ0n) is 11.8. The molecule has 1 saturated heterocycles. The maximum atomic E-state index is 12.1. The second-order valence-electron chi connectivity index (χ2n) is 5.03. The molecule has 9 heteroatoms. The van der Waals surface area contributed by atoms with Crippen LogP contribution in [0.25, 0.3) is 11.4 Å². The standard InChI is InChI=1S/C14H12F3N3O3/c15-14(16,17)22-10-5-3-9(4-6-10)12-18-13(23-19-12)11-2-1-7-20(11)8-21/h3-6,8,11H,1-2,7H2. The van der Waals surface area contributed by atoms with E-state index in [4.69, 9.17) is 4.52 Å². The lowest BCUT2D eigenvalue weighted by Crippen LogP contribution is -2.21. The SMILES string of the molecule is O=CN1CCCC1c1nc(-c2ccc(OC(F)(F)F)cc2)no1. The summed E-state index contributed by atoms with van der Waals surface area (Å²) in [4.78, 5) is 16.8. The third-order valence-electron chi connectivity index (χ3n) is 3.50. The van der Waals surface area contributed by atoms with Gasteiger partial charge in [0.1, 0.15) is 11.8 Å². The lowest BCUT2D eigenvalue weighted by atomic mass is 10.2. The number of rotatable bonds is 4. The summed E-state index contributed by atoms with van der Waals surface area (Å²) >= 11 is 0. The van der Waals surface area contributed by atoms with Crippen molar-refractivity contribution in [3.05, 3.63) is 30.2 Å². The summed E-state index contributed by atoms with van der Waals surface area (Å²) in [6, 6.07) is 4.91. The molecular formula is C14H12F3N3O3. The van der Waals surface area contributed by atoms with Gasteiger partial charge in [-0.05, 0) is 37.1 Å². The predicted octanol–water partition coefficient (Wildman–Crippen LogP) is 2.93. The fourth-order valence-electron chi connectivity index (χ4n) is 2.47. The van der Waals surface area contributed by atoms with Crippen LogP contribution in [-0.2, 0) is 4.79 Å². The maximum absolute atomic E-state index is 12.1. The number of aromatic nitrogens is 2. The summed E-state index contributed by atoms with van der Waals surface area (Å²) in [6.45, 7) is 0.634. The van der Waals surface area contributed by atoms with Gasteiger partial charge in [0.15, 0.2) is 0 Å². The zero-order valence-corrected chi connectivity index (χ0v) is 11.8. The summed E-state index contributed by atoms with van der Waals surface area (Å²) in [6.07, 6.45) is -2.41. The van der Waals surface area contributed by atoms with Crippen molar-refractivity contribution in [1.82, 2.24) is 15.0 Å². The van der Waals surface area contributed by atoms with Gasteiger partial charge < -0.3 is 14.2 Å². The van der Waals surface area contributed by atoms with Crippen molar-refractivity contribution in [2.24, 2.45) is 0 Å². The molecule has 0 saturated carbocycles. The van der Waals surface area contributed by atoms with E-state index in [0.717, 1.165) is 19.3 Å². The molecule has 122 valence electrons. The van der Waals surface area contributed by atoms with Crippen LogP contribution in [0.1, 0.15) is 24.8 Å². The highest BCUT2D eigenvalue weighted by atomic mass is 19.4. The van der Waals surface area contributed by atoms with Crippen molar-refractivity contribution >= 4 is 6.41 Å². The summed E-state index contributed by atoms with van der Waals surface area (Å²) < 4.78 is 45.3. The highest BCUT2D eigenvalue weighted by Crippen LogP contribution is 2.31. The average molecular weight is 327 g/mol. The van der Waals surface area contributed by atoms with Crippen LogP contribution in [0.2, 0.25) is 0 Å². The summed E-state index contributed by atoms with van der Waals surface area (Å²) in [7, 11) is 0. The first-order chi connectivity index (χ1) is 11.0. The molecule has 2 heterocycles. The number of nitrogens with zero attached hydrogens (tertiary/aromatic N) is 3. The van der Waals surface area contributed by atoms with Gasteiger partial charge in [-0.3, -0.25) is 4.79 Å². The second kappa shape index (κ2) is 5.90. The van der Waals surface area contributed by atoms with E-state index < -0.39 is 6.36 Å². The minimum atomic E-state index is -4.73. The summed E-state index contributed by atoms with van der Waals surface area (Å²) in [5.74, 6) is 0.240. The molecule has 1 atom stereocenters. The number of amides is 1. The molecule has 23 heavy (non-hydrogen) atoms. The quantitative estimate of drug-likeness (QED) is 0.808. The van der Waals surface area contributed by atoms with E-state index in [-0.39, 0.29) is 17.6 Å². The highest BCUT2D eigenvalue weighted by Gasteiger charge is 2.31. The van der Waals surface area contributed by atoms with Gasteiger partial charge in [-0.15, -0.1) is 13.2 Å². The summed E-state index contributed by atoms with van der Waals surface area (Å²) in [5.41, 5.74) is 0.491. The lowest BCUT2D eigenvalue weighted by molar-refractivity contribution is -0.274.